The lowest BCUT2D eigenvalue weighted by molar-refractivity contribution is -0.149. The summed E-state index contributed by atoms with van der Waals surface area (Å²) in [6, 6.07) is -0.0124. The van der Waals surface area contributed by atoms with Crippen LogP contribution in [0.1, 0.15) is 20.8 Å². The predicted octanol–water partition coefficient (Wildman–Crippen LogP) is 0.217. The molecule has 13 heavy (non-hydrogen) atoms. The lowest BCUT2D eigenvalue weighted by atomic mass is 10.1. The van der Waals surface area contributed by atoms with E-state index in [2.05, 4.69) is 0 Å². The van der Waals surface area contributed by atoms with Gasteiger partial charge in [-0.3, -0.25) is 4.79 Å². The molecule has 0 rings (SSSR count). The summed E-state index contributed by atoms with van der Waals surface area (Å²) in [5, 5.41) is 0. The Kier molecular flexibility index (Phi) is 4.36. The van der Waals surface area contributed by atoms with Gasteiger partial charge in [-0.05, 0) is 20.8 Å². The Morgan fingerprint density at radius 3 is 2.38 bits per heavy atom. The van der Waals surface area contributed by atoms with Crippen LogP contribution in [-0.4, -0.2) is 43.2 Å². The highest BCUT2D eigenvalue weighted by Crippen LogP contribution is 2.10. The van der Waals surface area contributed by atoms with Crippen molar-refractivity contribution in [2.45, 2.75) is 32.4 Å². The molecule has 0 aromatic heterocycles. The van der Waals surface area contributed by atoms with Gasteiger partial charge < -0.3 is 15.4 Å². The van der Waals surface area contributed by atoms with Gasteiger partial charge in [0.1, 0.15) is 5.60 Å². The highest BCUT2D eigenvalue weighted by atomic mass is 16.5. The van der Waals surface area contributed by atoms with Crippen LogP contribution in [0.5, 0.6) is 0 Å². The molecule has 4 nitrogen and oxygen atoms in total. The molecule has 0 saturated heterocycles. The second-order valence-electron chi connectivity index (χ2n) is 3.88. The zero-order valence-corrected chi connectivity index (χ0v) is 9.13. The third-order valence-corrected chi connectivity index (χ3v) is 1.93. The van der Waals surface area contributed by atoms with Gasteiger partial charge in [0, 0.05) is 26.7 Å². The van der Waals surface area contributed by atoms with E-state index in [9.17, 15) is 4.79 Å². The van der Waals surface area contributed by atoms with Gasteiger partial charge in [0.15, 0.2) is 0 Å². The van der Waals surface area contributed by atoms with E-state index in [0.29, 0.717) is 6.54 Å². The summed E-state index contributed by atoms with van der Waals surface area (Å²) in [5.41, 5.74) is 4.82. The van der Waals surface area contributed by atoms with Gasteiger partial charge in [-0.2, -0.15) is 0 Å². The molecule has 0 bridgehead atoms. The first kappa shape index (κ1) is 12.4. The molecule has 0 radical (unpaired) electrons. The van der Waals surface area contributed by atoms with Crippen LogP contribution in [0.3, 0.4) is 0 Å². The summed E-state index contributed by atoms with van der Waals surface area (Å²) in [5.74, 6) is -0.0488. The molecular formula is C9H20N2O2. The maximum atomic E-state index is 11.7. The Labute approximate surface area is 80.0 Å². The molecule has 0 aliphatic heterocycles. The van der Waals surface area contributed by atoms with E-state index in [1.165, 1.54) is 7.11 Å². The Hall–Kier alpha value is -0.610. The van der Waals surface area contributed by atoms with Crippen molar-refractivity contribution in [3.63, 3.8) is 0 Å². The average molecular weight is 188 g/mol. The van der Waals surface area contributed by atoms with Crippen molar-refractivity contribution < 1.29 is 9.53 Å². The van der Waals surface area contributed by atoms with Crippen LogP contribution in [0, 0.1) is 0 Å². The highest BCUT2D eigenvalue weighted by Gasteiger charge is 2.30. The fraction of sp³-hybridized carbons (Fsp3) is 0.889. The Morgan fingerprint density at radius 2 is 2.08 bits per heavy atom. The molecule has 78 valence electrons. The number of amides is 1. The molecule has 4 heteroatoms. The number of likely N-dealkylation sites (N-methyl/N-ethyl adjacent to an activating group) is 1. The smallest absolute Gasteiger partial charge is 0.254 e. The number of hydrogen-bond donors (Lipinski definition) is 1. The number of nitrogens with two attached hydrogens (primary N) is 1. The molecule has 1 atom stereocenters. The molecule has 0 aromatic rings. The van der Waals surface area contributed by atoms with E-state index in [0.717, 1.165) is 0 Å². The molecule has 0 heterocycles. The first-order valence-electron chi connectivity index (χ1n) is 4.37. The topological polar surface area (TPSA) is 55.6 Å². The summed E-state index contributed by atoms with van der Waals surface area (Å²) >= 11 is 0. The fourth-order valence-corrected chi connectivity index (χ4v) is 1.06. The zero-order chi connectivity index (χ0) is 10.6. The number of nitrogens with zero attached hydrogens (tertiary/aromatic N) is 1. The van der Waals surface area contributed by atoms with E-state index in [1.807, 2.05) is 6.92 Å². The third-order valence-electron chi connectivity index (χ3n) is 1.93. The Morgan fingerprint density at radius 1 is 1.62 bits per heavy atom. The predicted molar refractivity (Wildman–Crippen MR) is 52.4 cm³/mol. The SMILES string of the molecule is COC(C)(C)C(=O)N(C)CC(C)N. The summed E-state index contributed by atoms with van der Waals surface area (Å²) in [6.07, 6.45) is 0. The summed E-state index contributed by atoms with van der Waals surface area (Å²) in [7, 11) is 3.25. The van der Waals surface area contributed by atoms with Crippen molar-refractivity contribution in [3.05, 3.63) is 0 Å². The molecule has 1 amide bonds. The van der Waals surface area contributed by atoms with Crippen molar-refractivity contribution in [1.82, 2.24) is 4.90 Å². The van der Waals surface area contributed by atoms with Crippen molar-refractivity contribution in [3.8, 4) is 0 Å². The van der Waals surface area contributed by atoms with E-state index >= 15 is 0 Å². The molecule has 0 aromatic carbocycles. The number of carbonyl (C=O) groups excluding carboxylic acids is 1. The largest absolute Gasteiger partial charge is 0.369 e. The molecule has 0 saturated carbocycles. The highest BCUT2D eigenvalue weighted by molar-refractivity contribution is 5.84. The van der Waals surface area contributed by atoms with Crippen LogP contribution in [-0.2, 0) is 9.53 Å². The number of methoxy groups -OCH3 is 1. The van der Waals surface area contributed by atoms with E-state index in [1.54, 1.807) is 25.8 Å². The first-order chi connectivity index (χ1) is 5.81. The van der Waals surface area contributed by atoms with Gasteiger partial charge in [0.25, 0.3) is 5.91 Å². The zero-order valence-electron chi connectivity index (χ0n) is 9.13. The monoisotopic (exact) mass is 188 g/mol. The van der Waals surface area contributed by atoms with Gasteiger partial charge in [-0.15, -0.1) is 0 Å². The number of rotatable bonds is 4. The van der Waals surface area contributed by atoms with Gasteiger partial charge in [0.2, 0.25) is 0 Å². The van der Waals surface area contributed by atoms with Gasteiger partial charge in [0.05, 0.1) is 0 Å². The summed E-state index contributed by atoms with van der Waals surface area (Å²) in [6.45, 7) is 5.90. The molecule has 0 spiro atoms. The minimum Gasteiger partial charge on any atom is -0.369 e. The average Bonchev–Trinajstić information content (AvgIpc) is 2.01. The summed E-state index contributed by atoms with van der Waals surface area (Å²) in [4.78, 5) is 13.3. The number of hydrogen-bond acceptors (Lipinski definition) is 3. The van der Waals surface area contributed by atoms with Crippen LogP contribution in [0.25, 0.3) is 0 Å². The quantitative estimate of drug-likeness (QED) is 0.686. The molecule has 0 aliphatic carbocycles. The van der Waals surface area contributed by atoms with E-state index < -0.39 is 5.60 Å². The van der Waals surface area contributed by atoms with Crippen LogP contribution in [0.2, 0.25) is 0 Å². The minimum atomic E-state index is -0.760. The van der Waals surface area contributed by atoms with Gasteiger partial charge in [-0.1, -0.05) is 0 Å². The Bertz CT molecular complexity index is 178. The van der Waals surface area contributed by atoms with Crippen molar-refractivity contribution in [2.24, 2.45) is 5.73 Å². The maximum absolute atomic E-state index is 11.7. The lowest BCUT2D eigenvalue weighted by Gasteiger charge is -2.28. The minimum absolute atomic E-state index is 0.0124. The standard InChI is InChI=1S/C9H20N2O2/c1-7(10)6-11(4)8(12)9(2,3)13-5/h7H,6,10H2,1-5H3. The molecule has 2 N–H and O–H groups in total. The normalized spacial score (nSPS) is 14.0. The second-order valence-corrected chi connectivity index (χ2v) is 3.88. The van der Waals surface area contributed by atoms with Crippen LogP contribution in [0.4, 0.5) is 0 Å². The lowest BCUT2D eigenvalue weighted by Crippen LogP contribution is -2.47. The number of carbonyl (C=O) groups is 1. The van der Waals surface area contributed by atoms with Crippen LogP contribution < -0.4 is 5.73 Å². The fourth-order valence-electron chi connectivity index (χ4n) is 1.06. The molecule has 0 aliphatic rings. The Balaban J connectivity index is 4.25. The number of ether oxygens (including phenoxy) is 1. The van der Waals surface area contributed by atoms with Crippen molar-refractivity contribution >= 4 is 5.91 Å². The van der Waals surface area contributed by atoms with Crippen LogP contribution in [0.15, 0.2) is 0 Å². The van der Waals surface area contributed by atoms with Crippen LogP contribution >= 0.6 is 0 Å². The third kappa shape index (κ3) is 3.74. The molecular weight excluding hydrogens is 168 g/mol. The molecule has 1 unspecified atom stereocenters. The first-order valence-corrected chi connectivity index (χ1v) is 4.37. The van der Waals surface area contributed by atoms with Crippen molar-refractivity contribution in [1.29, 1.82) is 0 Å². The van der Waals surface area contributed by atoms with Gasteiger partial charge in [-0.25, -0.2) is 0 Å². The molecule has 0 fully saturated rings. The van der Waals surface area contributed by atoms with E-state index in [4.69, 9.17) is 10.5 Å². The summed E-state index contributed by atoms with van der Waals surface area (Å²) < 4.78 is 5.07. The van der Waals surface area contributed by atoms with E-state index in [-0.39, 0.29) is 11.9 Å². The second kappa shape index (κ2) is 4.58. The van der Waals surface area contributed by atoms with Crippen molar-refractivity contribution in [2.75, 3.05) is 20.7 Å². The van der Waals surface area contributed by atoms with Gasteiger partial charge >= 0.3 is 0 Å². The maximum Gasteiger partial charge on any atom is 0.254 e.